The molecule has 31 heavy (non-hydrogen) atoms. The maximum atomic E-state index is 13.2. The average molecular weight is 472 g/mol. The maximum Gasteiger partial charge on any atom is 0.265 e. The minimum atomic E-state index is -3.71. The molecule has 0 spiro atoms. The van der Waals surface area contributed by atoms with E-state index in [0.717, 1.165) is 22.3 Å². The van der Waals surface area contributed by atoms with Crippen LogP contribution in [-0.2, 0) is 10.0 Å². The quantitative estimate of drug-likeness (QED) is 0.454. The van der Waals surface area contributed by atoms with E-state index in [4.69, 9.17) is 0 Å². The van der Waals surface area contributed by atoms with E-state index in [1.165, 1.54) is 15.6 Å². The number of rotatable bonds is 4. The van der Waals surface area contributed by atoms with Crippen molar-refractivity contribution in [2.45, 2.75) is 4.90 Å². The van der Waals surface area contributed by atoms with Gasteiger partial charge in [0, 0.05) is 31.7 Å². The number of sulfonamides is 1. The second-order valence-electron chi connectivity index (χ2n) is 6.98. The zero-order chi connectivity index (χ0) is 21.4. The lowest BCUT2D eigenvalue weighted by atomic mass is 10.2. The van der Waals surface area contributed by atoms with Gasteiger partial charge in [-0.3, -0.25) is 4.79 Å². The number of hydrogen-bond donors (Lipinski definition) is 0. The summed E-state index contributed by atoms with van der Waals surface area (Å²) in [6.45, 7) is 1.10. The van der Waals surface area contributed by atoms with Crippen LogP contribution in [0.5, 0.6) is 0 Å². The molecule has 2 aromatic heterocycles. The van der Waals surface area contributed by atoms with E-state index < -0.39 is 10.0 Å². The van der Waals surface area contributed by atoms with Gasteiger partial charge in [0.05, 0.1) is 17.9 Å². The van der Waals surface area contributed by atoms with Gasteiger partial charge in [-0.15, -0.1) is 11.3 Å². The highest BCUT2D eigenvalue weighted by Crippen LogP contribution is 2.28. The van der Waals surface area contributed by atoms with Crippen LogP contribution in [0.3, 0.4) is 0 Å². The number of aromatic nitrogens is 3. The summed E-state index contributed by atoms with van der Waals surface area (Å²) in [4.78, 5) is 19.7. The van der Waals surface area contributed by atoms with Crippen LogP contribution in [0, 0.1) is 0 Å². The van der Waals surface area contributed by atoms with E-state index in [-0.39, 0.29) is 23.9 Å². The molecule has 0 bridgehead atoms. The van der Waals surface area contributed by atoms with Gasteiger partial charge in [0.25, 0.3) is 5.91 Å². The summed E-state index contributed by atoms with van der Waals surface area (Å²) in [5.74, 6) is -0.123. The molecule has 1 aliphatic heterocycles. The normalized spacial score (nSPS) is 15.4. The molecule has 0 N–H and O–H groups in total. The molecule has 1 amide bonds. The van der Waals surface area contributed by atoms with Gasteiger partial charge in [-0.1, -0.05) is 36.4 Å². The third kappa shape index (κ3) is 3.74. The Morgan fingerprint density at radius 1 is 0.935 bits per heavy atom. The molecule has 11 heteroatoms. The van der Waals surface area contributed by atoms with Crippen LogP contribution < -0.4 is 0 Å². The topological polar surface area (TPSA) is 96.4 Å². The Kier molecular flexibility index (Phi) is 5.26. The number of carbonyl (C=O) groups excluding carboxylic acids is 1. The Morgan fingerprint density at radius 3 is 2.48 bits per heavy atom. The molecule has 2 aromatic carbocycles. The van der Waals surface area contributed by atoms with Crippen LogP contribution in [0.2, 0.25) is 0 Å². The van der Waals surface area contributed by atoms with Gasteiger partial charge in [-0.25, -0.2) is 13.4 Å². The van der Waals surface area contributed by atoms with Crippen molar-refractivity contribution >= 4 is 50.0 Å². The van der Waals surface area contributed by atoms with E-state index in [1.54, 1.807) is 29.3 Å². The summed E-state index contributed by atoms with van der Waals surface area (Å²) in [7, 11) is -3.71. The molecule has 1 saturated heterocycles. The summed E-state index contributed by atoms with van der Waals surface area (Å²) in [6, 6.07) is 14.7. The van der Waals surface area contributed by atoms with Crippen molar-refractivity contribution < 1.29 is 13.2 Å². The average Bonchev–Trinajstić information content (AvgIpc) is 3.49. The Balaban J connectivity index is 1.30. The summed E-state index contributed by atoms with van der Waals surface area (Å²) in [5.41, 5.74) is 1.93. The first-order valence-corrected chi connectivity index (χ1v) is 12.5. The van der Waals surface area contributed by atoms with Crippen LogP contribution in [0.4, 0.5) is 0 Å². The Hall–Kier alpha value is -2.73. The fourth-order valence-corrected chi connectivity index (χ4v) is 6.57. The SMILES string of the molecule is O=C(c1cnc(-c2ccccc2)s1)N1CCN(S(=O)(=O)c2cccc3nsnc23)CC1. The summed E-state index contributed by atoms with van der Waals surface area (Å²) in [5, 5.41) is 0.787. The van der Waals surface area contributed by atoms with E-state index in [1.807, 2.05) is 30.3 Å². The van der Waals surface area contributed by atoms with Gasteiger partial charge in [0.2, 0.25) is 10.0 Å². The van der Waals surface area contributed by atoms with Crippen molar-refractivity contribution in [2.75, 3.05) is 26.2 Å². The molecule has 0 aliphatic carbocycles. The molecule has 0 radical (unpaired) electrons. The molecule has 0 unspecified atom stereocenters. The van der Waals surface area contributed by atoms with Crippen LogP contribution >= 0.6 is 23.1 Å². The molecule has 5 rings (SSSR count). The zero-order valence-electron chi connectivity index (χ0n) is 16.2. The first kappa shape index (κ1) is 20.2. The second-order valence-corrected chi connectivity index (χ2v) is 10.4. The number of thiazole rings is 1. The summed E-state index contributed by atoms with van der Waals surface area (Å²) < 4.78 is 36.0. The number of nitrogens with zero attached hydrogens (tertiary/aromatic N) is 5. The van der Waals surface area contributed by atoms with Crippen molar-refractivity contribution in [1.82, 2.24) is 22.9 Å². The molecular weight excluding hydrogens is 454 g/mol. The Labute approximate surface area is 187 Å². The number of carbonyl (C=O) groups is 1. The van der Waals surface area contributed by atoms with Gasteiger partial charge in [-0.2, -0.15) is 13.1 Å². The van der Waals surface area contributed by atoms with Crippen molar-refractivity contribution in [3.63, 3.8) is 0 Å². The first-order valence-electron chi connectivity index (χ1n) is 9.56. The predicted molar refractivity (Wildman–Crippen MR) is 120 cm³/mol. The third-order valence-corrected chi connectivity index (χ3v) is 8.64. The van der Waals surface area contributed by atoms with Crippen molar-refractivity contribution in [3.8, 4) is 10.6 Å². The fourth-order valence-electron chi connectivity index (χ4n) is 3.50. The summed E-state index contributed by atoms with van der Waals surface area (Å²) >= 11 is 2.34. The van der Waals surface area contributed by atoms with Gasteiger partial charge >= 0.3 is 0 Å². The lowest BCUT2D eigenvalue weighted by Crippen LogP contribution is -2.50. The van der Waals surface area contributed by atoms with Crippen molar-refractivity contribution in [2.24, 2.45) is 0 Å². The van der Waals surface area contributed by atoms with Crippen molar-refractivity contribution in [1.29, 1.82) is 0 Å². The van der Waals surface area contributed by atoms with E-state index in [2.05, 4.69) is 13.7 Å². The molecular formula is C20H17N5O3S3. The zero-order valence-corrected chi connectivity index (χ0v) is 18.7. The van der Waals surface area contributed by atoms with Crippen molar-refractivity contribution in [3.05, 3.63) is 59.6 Å². The van der Waals surface area contributed by atoms with Gasteiger partial charge < -0.3 is 4.90 Å². The first-order chi connectivity index (χ1) is 15.0. The fraction of sp³-hybridized carbons (Fsp3) is 0.200. The molecule has 8 nitrogen and oxygen atoms in total. The van der Waals surface area contributed by atoms with Gasteiger partial charge in [-0.05, 0) is 12.1 Å². The molecule has 3 heterocycles. The minimum absolute atomic E-state index is 0.123. The molecule has 0 atom stereocenters. The molecule has 1 aliphatic rings. The molecule has 158 valence electrons. The minimum Gasteiger partial charge on any atom is -0.335 e. The maximum absolute atomic E-state index is 13.2. The van der Waals surface area contributed by atoms with Gasteiger partial charge in [0.1, 0.15) is 25.8 Å². The molecule has 0 saturated carbocycles. The predicted octanol–water partition coefficient (Wildman–Crippen LogP) is 2.96. The Morgan fingerprint density at radius 2 is 1.71 bits per heavy atom. The van der Waals surface area contributed by atoms with Crippen LogP contribution in [0.1, 0.15) is 9.67 Å². The number of benzene rings is 2. The van der Waals surface area contributed by atoms with E-state index in [9.17, 15) is 13.2 Å². The van der Waals surface area contributed by atoms with E-state index in [0.29, 0.717) is 29.0 Å². The number of amides is 1. The largest absolute Gasteiger partial charge is 0.335 e. The van der Waals surface area contributed by atoms with Crippen LogP contribution in [0.15, 0.2) is 59.6 Å². The highest BCUT2D eigenvalue weighted by atomic mass is 32.2. The smallest absolute Gasteiger partial charge is 0.265 e. The Bertz CT molecular complexity index is 1340. The lowest BCUT2D eigenvalue weighted by Gasteiger charge is -2.33. The standard InChI is InChI=1S/C20H17N5O3S3/c26-20(16-13-21-19(29-16)14-5-2-1-3-6-14)24-9-11-25(12-10-24)31(27,28)17-8-4-7-15-18(17)23-30-22-15/h1-8,13H,9-12H2. The third-order valence-electron chi connectivity index (χ3n) is 5.13. The lowest BCUT2D eigenvalue weighted by molar-refractivity contribution is 0.0702. The second kappa shape index (κ2) is 8.08. The molecule has 1 fully saturated rings. The van der Waals surface area contributed by atoms with Crippen LogP contribution in [-0.4, -0.2) is 63.4 Å². The van der Waals surface area contributed by atoms with Gasteiger partial charge in [0.15, 0.2) is 0 Å². The number of piperazine rings is 1. The highest BCUT2D eigenvalue weighted by Gasteiger charge is 2.32. The molecule has 4 aromatic rings. The number of fused-ring (bicyclic) bond motifs is 1. The highest BCUT2D eigenvalue weighted by molar-refractivity contribution is 7.89. The number of hydrogen-bond acceptors (Lipinski definition) is 8. The van der Waals surface area contributed by atoms with Crippen LogP contribution in [0.25, 0.3) is 21.6 Å². The summed E-state index contributed by atoms with van der Waals surface area (Å²) in [6.07, 6.45) is 1.59. The monoisotopic (exact) mass is 471 g/mol. The van der Waals surface area contributed by atoms with E-state index >= 15 is 0 Å².